The second-order valence-electron chi connectivity index (χ2n) is 5.24. The molecule has 0 unspecified atom stereocenters. The first kappa shape index (κ1) is 17.8. The second-order valence-corrected chi connectivity index (χ2v) is 5.67. The third-order valence-corrected chi connectivity index (χ3v) is 3.63. The van der Waals surface area contributed by atoms with Crippen molar-refractivity contribution in [1.29, 1.82) is 0 Å². The summed E-state index contributed by atoms with van der Waals surface area (Å²) >= 11 is 5.89. The highest BCUT2D eigenvalue weighted by Gasteiger charge is 2.01. The van der Waals surface area contributed by atoms with E-state index in [1.54, 1.807) is 12.1 Å². The zero-order valence-corrected chi connectivity index (χ0v) is 14.3. The van der Waals surface area contributed by atoms with E-state index in [2.05, 4.69) is 15.6 Å². The number of guanidine groups is 1. The first-order valence-electron chi connectivity index (χ1n) is 7.74. The molecule has 126 valence electrons. The summed E-state index contributed by atoms with van der Waals surface area (Å²) in [5, 5.41) is 7.20. The lowest BCUT2D eigenvalue weighted by Gasteiger charge is -2.11. The fourth-order valence-corrected chi connectivity index (χ4v) is 2.20. The highest BCUT2D eigenvalue weighted by atomic mass is 35.5. The molecule has 2 rings (SSSR count). The van der Waals surface area contributed by atoms with E-state index < -0.39 is 5.91 Å². The Kier molecular flexibility index (Phi) is 6.63. The Bertz CT molecular complexity index is 696. The topological polar surface area (TPSA) is 79.5 Å². The van der Waals surface area contributed by atoms with Gasteiger partial charge >= 0.3 is 0 Å². The molecule has 0 bridgehead atoms. The fraction of sp³-hybridized carbons (Fsp3) is 0.222. The maximum absolute atomic E-state index is 11.1. The summed E-state index contributed by atoms with van der Waals surface area (Å²) in [4.78, 5) is 15.6. The Morgan fingerprint density at radius 2 is 1.67 bits per heavy atom. The van der Waals surface area contributed by atoms with Crippen LogP contribution in [-0.2, 0) is 13.1 Å². The van der Waals surface area contributed by atoms with E-state index in [1.165, 1.54) is 0 Å². The van der Waals surface area contributed by atoms with Gasteiger partial charge in [-0.3, -0.25) is 4.79 Å². The highest BCUT2D eigenvalue weighted by Crippen LogP contribution is 2.09. The average Bonchev–Trinajstić information content (AvgIpc) is 2.59. The monoisotopic (exact) mass is 344 g/mol. The number of amides is 1. The summed E-state index contributed by atoms with van der Waals surface area (Å²) in [6, 6.07) is 14.8. The van der Waals surface area contributed by atoms with Crippen molar-refractivity contribution in [3.63, 3.8) is 0 Å². The first-order chi connectivity index (χ1) is 11.6. The van der Waals surface area contributed by atoms with E-state index >= 15 is 0 Å². The zero-order valence-electron chi connectivity index (χ0n) is 13.6. The van der Waals surface area contributed by atoms with Gasteiger partial charge in [-0.2, -0.15) is 0 Å². The Morgan fingerprint density at radius 3 is 2.25 bits per heavy atom. The number of aliphatic imine (C=N–C) groups is 1. The Morgan fingerprint density at radius 1 is 1.04 bits per heavy atom. The van der Waals surface area contributed by atoms with Gasteiger partial charge in [0.2, 0.25) is 5.91 Å². The summed E-state index contributed by atoms with van der Waals surface area (Å²) in [5.41, 5.74) is 7.86. The molecule has 0 aliphatic rings. The van der Waals surface area contributed by atoms with Crippen molar-refractivity contribution in [3.05, 3.63) is 70.2 Å². The van der Waals surface area contributed by atoms with Crippen LogP contribution in [0.15, 0.2) is 53.5 Å². The SMILES string of the molecule is CCNC(=NCc1ccc(C(N)=O)cc1)NCc1ccc(Cl)cc1. The fourth-order valence-electron chi connectivity index (χ4n) is 2.07. The van der Waals surface area contributed by atoms with Gasteiger partial charge in [0.25, 0.3) is 0 Å². The number of rotatable bonds is 6. The number of carbonyl (C=O) groups is 1. The standard InChI is InChI=1S/C18H21ClN4O/c1-2-21-18(23-12-14-5-9-16(19)10-6-14)22-11-13-3-7-15(8-4-13)17(20)24/h3-10H,2,11-12H2,1H3,(H2,20,24)(H2,21,22,23). The van der Waals surface area contributed by atoms with Crippen molar-refractivity contribution >= 4 is 23.5 Å². The van der Waals surface area contributed by atoms with Crippen molar-refractivity contribution in [2.24, 2.45) is 10.7 Å². The maximum Gasteiger partial charge on any atom is 0.248 e. The third-order valence-electron chi connectivity index (χ3n) is 3.38. The first-order valence-corrected chi connectivity index (χ1v) is 8.11. The zero-order chi connectivity index (χ0) is 17.4. The second kappa shape index (κ2) is 8.93. The molecule has 0 saturated carbocycles. The number of nitrogens with zero attached hydrogens (tertiary/aromatic N) is 1. The minimum atomic E-state index is -0.428. The Hall–Kier alpha value is -2.53. The van der Waals surface area contributed by atoms with Crippen LogP contribution in [0.25, 0.3) is 0 Å². The molecule has 2 aromatic carbocycles. The molecule has 1 amide bonds. The van der Waals surface area contributed by atoms with Crippen molar-refractivity contribution in [2.45, 2.75) is 20.0 Å². The molecule has 6 heteroatoms. The molecule has 0 heterocycles. The van der Waals surface area contributed by atoms with Gasteiger partial charge < -0.3 is 16.4 Å². The molecule has 0 saturated heterocycles. The number of hydrogen-bond donors (Lipinski definition) is 3. The summed E-state index contributed by atoms with van der Waals surface area (Å²) in [6.07, 6.45) is 0. The molecule has 4 N–H and O–H groups in total. The predicted molar refractivity (Wildman–Crippen MR) is 98.1 cm³/mol. The molecule has 2 aromatic rings. The quantitative estimate of drug-likeness (QED) is 0.557. The van der Waals surface area contributed by atoms with Crippen LogP contribution in [0.3, 0.4) is 0 Å². The van der Waals surface area contributed by atoms with Gasteiger partial charge in [-0.25, -0.2) is 4.99 Å². The van der Waals surface area contributed by atoms with Crippen molar-refractivity contribution in [1.82, 2.24) is 10.6 Å². The van der Waals surface area contributed by atoms with Crippen LogP contribution < -0.4 is 16.4 Å². The lowest BCUT2D eigenvalue weighted by atomic mass is 10.1. The molecular formula is C18H21ClN4O. The van der Waals surface area contributed by atoms with E-state index in [0.717, 1.165) is 28.7 Å². The van der Waals surface area contributed by atoms with Crippen molar-refractivity contribution < 1.29 is 4.79 Å². The van der Waals surface area contributed by atoms with Crippen LogP contribution in [0.2, 0.25) is 5.02 Å². The Labute approximate surface area is 146 Å². The van der Waals surface area contributed by atoms with E-state index in [-0.39, 0.29) is 0 Å². The van der Waals surface area contributed by atoms with E-state index in [4.69, 9.17) is 17.3 Å². The molecule has 0 fully saturated rings. The molecule has 0 aromatic heterocycles. The van der Waals surface area contributed by atoms with Gasteiger partial charge in [-0.05, 0) is 42.3 Å². The maximum atomic E-state index is 11.1. The predicted octanol–water partition coefficient (Wildman–Crippen LogP) is 2.69. The molecule has 0 spiro atoms. The van der Waals surface area contributed by atoms with Crippen LogP contribution in [-0.4, -0.2) is 18.4 Å². The number of carbonyl (C=O) groups excluding carboxylic acids is 1. The number of hydrogen-bond acceptors (Lipinski definition) is 2. The van der Waals surface area contributed by atoms with Crippen LogP contribution >= 0.6 is 11.6 Å². The van der Waals surface area contributed by atoms with Gasteiger partial charge in [0, 0.05) is 23.7 Å². The van der Waals surface area contributed by atoms with Gasteiger partial charge in [-0.1, -0.05) is 35.9 Å². The van der Waals surface area contributed by atoms with Crippen LogP contribution in [0.1, 0.15) is 28.4 Å². The number of benzene rings is 2. The van der Waals surface area contributed by atoms with Crippen LogP contribution in [0.4, 0.5) is 0 Å². The van der Waals surface area contributed by atoms with Crippen molar-refractivity contribution in [2.75, 3.05) is 6.54 Å². The normalized spacial score (nSPS) is 11.2. The molecular weight excluding hydrogens is 324 g/mol. The average molecular weight is 345 g/mol. The Balaban J connectivity index is 1.96. The van der Waals surface area contributed by atoms with Gasteiger partial charge in [0.05, 0.1) is 6.54 Å². The minimum Gasteiger partial charge on any atom is -0.366 e. The number of nitrogens with one attached hydrogen (secondary N) is 2. The molecule has 0 aliphatic heterocycles. The third kappa shape index (κ3) is 5.59. The summed E-state index contributed by atoms with van der Waals surface area (Å²) in [7, 11) is 0. The lowest BCUT2D eigenvalue weighted by molar-refractivity contribution is 0.100. The van der Waals surface area contributed by atoms with E-state index in [1.807, 2.05) is 43.3 Å². The van der Waals surface area contributed by atoms with Gasteiger partial charge in [0.15, 0.2) is 5.96 Å². The molecule has 0 radical (unpaired) electrons. The van der Waals surface area contributed by atoms with Crippen LogP contribution in [0, 0.1) is 0 Å². The number of nitrogens with two attached hydrogens (primary N) is 1. The molecule has 24 heavy (non-hydrogen) atoms. The molecule has 0 aliphatic carbocycles. The van der Waals surface area contributed by atoms with Gasteiger partial charge in [-0.15, -0.1) is 0 Å². The smallest absolute Gasteiger partial charge is 0.248 e. The number of primary amides is 1. The summed E-state index contributed by atoms with van der Waals surface area (Å²) in [6.45, 7) is 3.95. The highest BCUT2D eigenvalue weighted by molar-refractivity contribution is 6.30. The van der Waals surface area contributed by atoms with Gasteiger partial charge in [0.1, 0.15) is 0 Å². The summed E-state index contributed by atoms with van der Waals surface area (Å²) < 4.78 is 0. The minimum absolute atomic E-state index is 0.428. The largest absolute Gasteiger partial charge is 0.366 e. The van der Waals surface area contributed by atoms with E-state index in [9.17, 15) is 4.79 Å². The number of halogens is 1. The van der Waals surface area contributed by atoms with Crippen molar-refractivity contribution in [3.8, 4) is 0 Å². The molecule has 5 nitrogen and oxygen atoms in total. The van der Waals surface area contributed by atoms with Crippen LogP contribution in [0.5, 0.6) is 0 Å². The van der Waals surface area contributed by atoms with E-state index in [0.29, 0.717) is 18.7 Å². The lowest BCUT2D eigenvalue weighted by Crippen LogP contribution is -2.36. The summed E-state index contributed by atoms with van der Waals surface area (Å²) in [5.74, 6) is 0.300. The molecule has 0 atom stereocenters.